The summed E-state index contributed by atoms with van der Waals surface area (Å²) >= 11 is 0. The molecule has 0 aromatic rings. The molecule has 0 unspecified atom stereocenters. The summed E-state index contributed by atoms with van der Waals surface area (Å²) in [4.78, 5) is 14.2. The minimum absolute atomic E-state index is 0.314. The summed E-state index contributed by atoms with van der Waals surface area (Å²) < 4.78 is 0. The van der Waals surface area contributed by atoms with Crippen LogP contribution in [0, 0.1) is 11.3 Å². The minimum atomic E-state index is 0.314. The Morgan fingerprint density at radius 1 is 1.47 bits per heavy atom. The number of nitrogens with zero attached hydrogens (tertiary/aromatic N) is 1. The molecule has 3 heteroatoms. The van der Waals surface area contributed by atoms with Gasteiger partial charge >= 0.3 is 0 Å². The highest BCUT2D eigenvalue weighted by Gasteiger charge is 2.25. The van der Waals surface area contributed by atoms with Gasteiger partial charge in [0, 0.05) is 32.1 Å². The molecule has 1 aliphatic rings. The van der Waals surface area contributed by atoms with E-state index < -0.39 is 0 Å². The van der Waals surface area contributed by atoms with E-state index in [1.165, 1.54) is 0 Å². The molecule has 100 valence electrons. The Bertz CT molecular complexity index is 257. The Morgan fingerprint density at radius 3 is 2.65 bits per heavy atom. The summed E-state index contributed by atoms with van der Waals surface area (Å²) in [6, 6.07) is 0.345. The first-order valence-corrected chi connectivity index (χ1v) is 6.80. The highest BCUT2D eigenvalue weighted by atomic mass is 16.2. The average molecular weight is 240 g/mol. The van der Waals surface area contributed by atoms with Gasteiger partial charge in [-0.05, 0) is 24.7 Å². The molecule has 2 atom stereocenters. The smallest absolute Gasteiger partial charge is 0.223 e. The lowest BCUT2D eigenvalue weighted by molar-refractivity contribution is -0.135. The summed E-state index contributed by atoms with van der Waals surface area (Å²) in [6.45, 7) is 13.8. The molecule has 1 fully saturated rings. The normalized spacial score (nSPS) is 23.6. The lowest BCUT2D eigenvalue weighted by atomic mass is 9.84. The fraction of sp³-hybridized carbons (Fsp3) is 0.929. The fourth-order valence-electron chi connectivity index (χ4n) is 2.74. The zero-order valence-corrected chi connectivity index (χ0v) is 12.0. The van der Waals surface area contributed by atoms with Crippen molar-refractivity contribution in [2.75, 3.05) is 19.6 Å². The summed E-state index contributed by atoms with van der Waals surface area (Å²) in [5.41, 5.74) is 0.314. The summed E-state index contributed by atoms with van der Waals surface area (Å²) in [6.07, 6.45) is 1.81. The van der Waals surface area contributed by atoms with Gasteiger partial charge in [0.05, 0.1) is 0 Å². The van der Waals surface area contributed by atoms with Crippen molar-refractivity contribution in [3.63, 3.8) is 0 Å². The molecule has 1 N–H and O–H groups in total. The number of carbonyl (C=O) groups is 1. The highest BCUT2D eigenvalue weighted by Crippen LogP contribution is 2.26. The van der Waals surface area contributed by atoms with E-state index in [0.717, 1.165) is 26.1 Å². The Morgan fingerprint density at radius 2 is 2.12 bits per heavy atom. The number of rotatable bonds is 3. The quantitative estimate of drug-likeness (QED) is 0.821. The number of piperazine rings is 1. The second-order valence-electron chi connectivity index (χ2n) is 6.71. The van der Waals surface area contributed by atoms with Crippen LogP contribution in [0.3, 0.4) is 0 Å². The van der Waals surface area contributed by atoms with Crippen molar-refractivity contribution < 1.29 is 4.79 Å². The van der Waals surface area contributed by atoms with Crippen LogP contribution < -0.4 is 5.32 Å². The minimum Gasteiger partial charge on any atom is -0.337 e. The first-order chi connectivity index (χ1) is 7.79. The predicted molar refractivity (Wildman–Crippen MR) is 71.9 cm³/mol. The van der Waals surface area contributed by atoms with Gasteiger partial charge in [-0.2, -0.15) is 0 Å². The first-order valence-electron chi connectivity index (χ1n) is 6.80. The number of hydrogen-bond donors (Lipinski definition) is 1. The third-order valence-corrected chi connectivity index (χ3v) is 3.31. The van der Waals surface area contributed by atoms with E-state index in [0.29, 0.717) is 29.7 Å². The van der Waals surface area contributed by atoms with E-state index in [-0.39, 0.29) is 0 Å². The Labute approximate surface area is 106 Å². The van der Waals surface area contributed by atoms with Crippen molar-refractivity contribution in [1.29, 1.82) is 0 Å². The maximum atomic E-state index is 12.2. The van der Waals surface area contributed by atoms with E-state index in [2.05, 4.69) is 39.9 Å². The number of hydrogen-bond acceptors (Lipinski definition) is 2. The van der Waals surface area contributed by atoms with Crippen molar-refractivity contribution in [2.45, 2.75) is 53.5 Å². The molecule has 1 amide bonds. The highest BCUT2D eigenvalue weighted by molar-refractivity contribution is 5.76. The first kappa shape index (κ1) is 14.5. The van der Waals surface area contributed by atoms with E-state index in [1.807, 2.05) is 4.90 Å². The third-order valence-electron chi connectivity index (χ3n) is 3.31. The van der Waals surface area contributed by atoms with Gasteiger partial charge in [-0.25, -0.2) is 0 Å². The van der Waals surface area contributed by atoms with Crippen molar-refractivity contribution in [1.82, 2.24) is 10.2 Å². The summed E-state index contributed by atoms with van der Waals surface area (Å²) in [5.74, 6) is 0.806. The van der Waals surface area contributed by atoms with Gasteiger partial charge in [0.15, 0.2) is 0 Å². The molecule has 0 bridgehead atoms. The SMILES string of the molecule is C[C@H](CC(=O)N1CCNC[C@H]1C)CC(C)(C)C. The molecule has 0 aromatic carbocycles. The van der Waals surface area contributed by atoms with E-state index in [4.69, 9.17) is 0 Å². The molecule has 0 saturated carbocycles. The summed E-state index contributed by atoms with van der Waals surface area (Å²) in [7, 11) is 0. The maximum Gasteiger partial charge on any atom is 0.223 e. The Kier molecular flexibility index (Phi) is 4.99. The molecule has 0 radical (unpaired) electrons. The molecule has 17 heavy (non-hydrogen) atoms. The zero-order chi connectivity index (χ0) is 13.1. The Hall–Kier alpha value is -0.570. The second-order valence-corrected chi connectivity index (χ2v) is 6.71. The average Bonchev–Trinajstić information content (AvgIpc) is 2.14. The maximum absolute atomic E-state index is 12.2. The van der Waals surface area contributed by atoms with Crippen molar-refractivity contribution >= 4 is 5.91 Å². The van der Waals surface area contributed by atoms with Crippen LogP contribution in [0.4, 0.5) is 0 Å². The van der Waals surface area contributed by atoms with Gasteiger partial charge < -0.3 is 10.2 Å². The van der Waals surface area contributed by atoms with Gasteiger partial charge in [0.1, 0.15) is 0 Å². The van der Waals surface area contributed by atoms with Crippen LogP contribution in [0.2, 0.25) is 0 Å². The topological polar surface area (TPSA) is 32.3 Å². The molecular formula is C14H28N2O. The van der Waals surface area contributed by atoms with Crippen LogP contribution in [0.25, 0.3) is 0 Å². The third kappa shape index (κ3) is 5.07. The fourth-order valence-corrected chi connectivity index (χ4v) is 2.74. The number of carbonyl (C=O) groups excluding carboxylic acids is 1. The predicted octanol–water partition coefficient (Wildman–Crippen LogP) is 2.27. The molecule has 1 rings (SSSR count). The van der Waals surface area contributed by atoms with Crippen LogP contribution >= 0.6 is 0 Å². The van der Waals surface area contributed by atoms with Gasteiger partial charge in [0.2, 0.25) is 5.91 Å². The summed E-state index contributed by atoms with van der Waals surface area (Å²) in [5, 5.41) is 3.32. The molecule has 3 nitrogen and oxygen atoms in total. The molecule has 1 heterocycles. The second kappa shape index (κ2) is 5.85. The van der Waals surface area contributed by atoms with Crippen LogP contribution in [-0.4, -0.2) is 36.5 Å². The van der Waals surface area contributed by atoms with Crippen molar-refractivity contribution in [3.05, 3.63) is 0 Å². The van der Waals surface area contributed by atoms with Crippen LogP contribution in [0.5, 0.6) is 0 Å². The number of amides is 1. The van der Waals surface area contributed by atoms with Crippen LogP contribution in [0.1, 0.15) is 47.5 Å². The zero-order valence-electron chi connectivity index (χ0n) is 12.0. The van der Waals surface area contributed by atoms with Gasteiger partial charge in [0.25, 0.3) is 0 Å². The van der Waals surface area contributed by atoms with Crippen LogP contribution in [-0.2, 0) is 4.79 Å². The molecule has 0 aromatic heterocycles. The lowest BCUT2D eigenvalue weighted by Crippen LogP contribution is -2.52. The van der Waals surface area contributed by atoms with Crippen molar-refractivity contribution in [2.24, 2.45) is 11.3 Å². The monoisotopic (exact) mass is 240 g/mol. The van der Waals surface area contributed by atoms with Gasteiger partial charge in [-0.3, -0.25) is 4.79 Å². The van der Waals surface area contributed by atoms with Gasteiger partial charge in [-0.1, -0.05) is 27.7 Å². The standard InChI is InChI=1S/C14H28N2O/c1-11(9-14(3,4)5)8-13(17)16-7-6-15-10-12(16)2/h11-12,15H,6-10H2,1-5H3/t11-,12-/m1/s1. The largest absolute Gasteiger partial charge is 0.337 e. The lowest BCUT2D eigenvalue weighted by Gasteiger charge is -2.35. The van der Waals surface area contributed by atoms with E-state index in [9.17, 15) is 4.79 Å². The molecular weight excluding hydrogens is 212 g/mol. The molecule has 0 spiro atoms. The molecule has 1 aliphatic heterocycles. The van der Waals surface area contributed by atoms with E-state index in [1.54, 1.807) is 0 Å². The number of nitrogens with one attached hydrogen (secondary N) is 1. The molecule has 1 saturated heterocycles. The van der Waals surface area contributed by atoms with Gasteiger partial charge in [-0.15, -0.1) is 0 Å². The van der Waals surface area contributed by atoms with Crippen molar-refractivity contribution in [3.8, 4) is 0 Å². The van der Waals surface area contributed by atoms with Crippen LogP contribution in [0.15, 0.2) is 0 Å². The Balaban J connectivity index is 2.42. The molecule has 0 aliphatic carbocycles. The van der Waals surface area contributed by atoms with E-state index >= 15 is 0 Å².